The Morgan fingerprint density at radius 2 is 2.40 bits per heavy atom. The summed E-state index contributed by atoms with van der Waals surface area (Å²) in [5.41, 5.74) is 0. The second kappa shape index (κ2) is 2.70. The van der Waals surface area contributed by atoms with Crippen molar-refractivity contribution in [1.29, 1.82) is 0 Å². The molecule has 0 saturated carbocycles. The quantitative estimate of drug-likeness (QED) is 0.369. The van der Waals surface area contributed by atoms with E-state index in [2.05, 4.69) is 0 Å². The number of Topliss-reactive ketones (excluding diaryl/α,β-unsaturated/α-hetero) is 1. The molecule has 0 saturated heterocycles. The lowest BCUT2D eigenvalue weighted by Crippen LogP contribution is -1.94. The molecule has 0 atom stereocenters. The van der Waals surface area contributed by atoms with Crippen LogP contribution in [0.2, 0.25) is 0 Å². The Morgan fingerprint density at radius 1 is 1.70 bits per heavy atom. The number of halogens is 1. The number of rotatable bonds is 2. The fourth-order valence-electron chi connectivity index (χ4n) is 0.500. The summed E-state index contributed by atoms with van der Waals surface area (Å²) in [6.45, 7) is 0. The minimum atomic E-state index is -0.672. The van der Waals surface area contributed by atoms with Gasteiger partial charge in [0.15, 0.2) is 6.29 Å². The van der Waals surface area contributed by atoms with Crippen molar-refractivity contribution in [3.8, 4) is 0 Å². The minimum Gasteiger partial charge on any atom is -0.294 e. The maximum atomic E-state index is 12.2. The van der Waals surface area contributed by atoms with E-state index in [1.807, 2.05) is 0 Å². The molecule has 0 unspecified atom stereocenters. The van der Waals surface area contributed by atoms with Gasteiger partial charge in [0.05, 0.1) is 4.88 Å². The molecule has 1 rings (SSSR count). The van der Waals surface area contributed by atoms with Gasteiger partial charge in [-0.2, -0.15) is 0 Å². The van der Waals surface area contributed by atoms with E-state index >= 15 is 0 Å². The zero-order valence-corrected chi connectivity index (χ0v) is 5.65. The van der Waals surface area contributed by atoms with Crippen LogP contribution >= 0.6 is 11.3 Å². The van der Waals surface area contributed by atoms with Gasteiger partial charge in [0.25, 0.3) is 0 Å². The highest BCUT2D eigenvalue weighted by Crippen LogP contribution is 2.12. The average molecular weight is 158 g/mol. The standard InChI is InChI=1S/C6H3FO2S/c7-4-1-6(10-3-4)5(9)2-8/h1-3H. The van der Waals surface area contributed by atoms with Gasteiger partial charge in [-0.1, -0.05) is 0 Å². The van der Waals surface area contributed by atoms with Crippen molar-refractivity contribution in [3.05, 3.63) is 22.1 Å². The Bertz CT molecular complexity index is 266. The van der Waals surface area contributed by atoms with Gasteiger partial charge in [0, 0.05) is 5.38 Å². The van der Waals surface area contributed by atoms with Crippen molar-refractivity contribution in [3.63, 3.8) is 0 Å². The molecule has 10 heavy (non-hydrogen) atoms. The van der Waals surface area contributed by atoms with Gasteiger partial charge in [0.2, 0.25) is 5.78 Å². The summed E-state index contributed by atoms with van der Waals surface area (Å²) in [5.74, 6) is -1.15. The van der Waals surface area contributed by atoms with E-state index in [1.165, 1.54) is 5.38 Å². The van der Waals surface area contributed by atoms with Gasteiger partial charge in [-0.15, -0.1) is 11.3 Å². The molecule has 0 bridgehead atoms. The predicted molar refractivity (Wildman–Crippen MR) is 34.7 cm³/mol. The summed E-state index contributed by atoms with van der Waals surface area (Å²) in [7, 11) is 0. The highest BCUT2D eigenvalue weighted by molar-refractivity contribution is 7.12. The molecule has 52 valence electrons. The lowest BCUT2D eigenvalue weighted by Gasteiger charge is -1.78. The maximum absolute atomic E-state index is 12.2. The zero-order valence-electron chi connectivity index (χ0n) is 4.83. The summed E-state index contributed by atoms with van der Waals surface area (Å²) >= 11 is 0.926. The van der Waals surface area contributed by atoms with Crippen molar-refractivity contribution in [1.82, 2.24) is 0 Å². The van der Waals surface area contributed by atoms with Crippen LogP contribution in [0.15, 0.2) is 11.4 Å². The zero-order chi connectivity index (χ0) is 7.56. The predicted octanol–water partition coefficient (Wildman–Crippen LogP) is 1.27. The van der Waals surface area contributed by atoms with Gasteiger partial charge in [-0.25, -0.2) is 4.39 Å². The van der Waals surface area contributed by atoms with Gasteiger partial charge in [-0.3, -0.25) is 9.59 Å². The normalized spacial score (nSPS) is 9.30. The second-order valence-corrected chi connectivity index (χ2v) is 2.52. The Kier molecular flexibility index (Phi) is 1.91. The van der Waals surface area contributed by atoms with Crippen LogP contribution in [0, 0.1) is 5.82 Å². The first-order valence-corrected chi connectivity index (χ1v) is 3.35. The highest BCUT2D eigenvalue weighted by atomic mass is 32.1. The summed E-state index contributed by atoms with van der Waals surface area (Å²) in [6, 6.07) is 1.04. The molecule has 0 amide bonds. The largest absolute Gasteiger partial charge is 0.294 e. The molecule has 4 heteroatoms. The summed E-state index contributed by atoms with van der Waals surface area (Å²) < 4.78 is 12.2. The van der Waals surface area contributed by atoms with Gasteiger partial charge >= 0.3 is 0 Å². The van der Waals surface area contributed by atoms with Crippen LogP contribution in [0.3, 0.4) is 0 Å². The first-order chi connectivity index (χ1) is 4.74. The third kappa shape index (κ3) is 1.27. The van der Waals surface area contributed by atoms with Crippen LogP contribution < -0.4 is 0 Å². The molecule has 0 aliphatic rings. The molecular weight excluding hydrogens is 155 g/mol. The molecule has 1 heterocycles. The number of thiophene rings is 1. The lowest BCUT2D eigenvalue weighted by molar-refractivity contribution is -0.104. The van der Waals surface area contributed by atoms with E-state index in [1.54, 1.807) is 0 Å². The molecule has 0 aliphatic heterocycles. The second-order valence-electron chi connectivity index (χ2n) is 1.61. The van der Waals surface area contributed by atoms with E-state index in [9.17, 15) is 14.0 Å². The van der Waals surface area contributed by atoms with Crippen LogP contribution in [-0.2, 0) is 4.79 Å². The number of carbonyl (C=O) groups excluding carboxylic acids is 2. The molecule has 1 aromatic heterocycles. The molecule has 0 aromatic carbocycles. The summed E-state index contributed by atoms with van der Waals surface area (Å²) in [6.07, 6.45) is 0.172. The molecule has 0 N–H and O–H groups in total. The maximum Gasteiger partial charge on any atom is 0.235 e. The van der Waals surface area contributed by atoms with E-state index in [0.29, 0.717) is 0 Å². The molecule has 0 aliphatic carbocycles. The molecule has 0 spiro atoms. The highest BCUT2D eigenvalue weighted by Gasteiger charge is 2.06. The van der Waals surface area contributed by atoms with E-state index in [4.69, 9.17) is 0 Å². The van der Waals surface area contributed by atoms with Crippen molar-refractivity contribution in [2.45, 2.75) is 0 Å². The van der Waals surface area contributed by atoms with Crippen LogP contribution in [0.25, 0.3) is 0 Å². The number of carbonyl (C=O) groups is 2. The third-order valence-electron chi connectivity index (χ3n) is 0.917. The first kappa shape index (κ1) is 7.08. The smallest absolute Gasteiger partial charge is 0.235 e. The Balaban J connectivity index is 2.95. The van der Waals surface area contributed by atoms with Gasteiger partial charge in [0.1, 0.15) is 5.82 Å². The fraction of sp³-hybridized carbons (Fsp3) is 0. The van der Waals surface area contributed by atoms with E-state index in [0.717, 1.165) is 17.4 Å². The van der Waals surface area contributed by atoms with Crippen LogP contribution in [-0.4, -0.2) is 12.1 Å². The number of hydrogen-bond donors (Lipinski definition) is 0. The lowest BCUT2D eigenvalue weighted by atomic mass is 10.3. The molecule has 0 radical (unpaired) electrons. The van der Waals surface area contributed by atoms with Crippen molar-refractivity contribution in [2.24, 2.45) is 0 Å². The van der Waals surface area contributed by atoms with Gasteiger partial charge in [-0.05, 0) is 6.07 Å². The minimum absolute atomic E-state index is 0.146. The molecular formula is C6H3FO2S. The van der Waals surface area contributed by atoms with Crippen molar-refractivity contribution in [2.75, 3.05) is 0 Å². The molecule has 2 nitrogen and oxygen atoms in total. The average Bonchev–Trinajstić information content (AvgIpc) is 2.34. The Morgan fingerprint density at radius 3 is 2.80 bits per heavy atom. The Hall–Kier alpha value is -1.03. The molecule has 1 aromatic rings. The van der Waals surface area contributed by atoms with Crippen molar-refractivity contribution >= 4 is 23.4 Å². The third-order valence-corrected chi connectivity index (χ3v) is 1.83. The number of ketones is 1. The van der Waals surface area contributed by atoms with E-state index in [-0.39, 0.29) is 11.2 Å². The summed E-state index contributed by atoms with van der Waals surface area (Å²) in [4.78, 5) is 20.5. The summed E-state index contributed by atoms with van der Waals surface area (Å²) in [5, 5.41) is 1.18. The number of hydrogen-bond acceptors (Lipinski definition) is 3. The SMILES string of the molecule is O=CC(=O)c1cc(F)cs1. The van der Waals surface area contributed by atoms with Crippen LogP contribution in [0.4, 0.5) is 4.39 Å². The Labute approximate surface area is 60.3 Å². The van der Waals surface area contributed by atoms with Gasteiger partial charge < -0.3 is 0 Å². The van der Waals surface area contributed by atoms with Crippen LogP contribution in [0.1, 0.15) is 9.67 Å². The molecule has 0 fully saturated rings. The number of aldehydes is 1. The fourth-order valence-corrected chi connectivity index (χ4v) is 1.15. The topological polar surface area (TPSA) is 34.1 Å². The first-order valence-electron chi connectivity index (χ1n) is 2.47. The monoisotopic (exact) mass is 158 g/mol. The van der Waals surface area contributed by atoms with E-state index < -0.39 is 11.6 Å². The van der Waals surface area contributed by atoms with Crippen LogP contribution in [0.5, 0.6) is 0 Å². The van der Waals surface area contributed by atoms with Crippen molar-refractivity contribution < 1.29 is 14.0 Å².